The topological polar surface area (TPSA) is 15.3 Å². The van der Waals surface area contributed by atoms with Gasteiger partial charge in [0.25, 0.3) is 0 Å². The maximum Gasteiger partial charge on any atom is 0.0243 e. The van der Waals surface area contributed by atoms with Gasteiger partial charge in [0.1, 0.15) is 0 Å². The van der Waals surface area contributed by atoms with Gasteiger partial charge in [-0.2, -0.15) is 11.8 Å². The Morgan fingerprint density at radius 2 is 1.71 bits per heavy atom. The maximum absolute atomic E-state index is 3.63. The molecule has 17 heavy (non-hydrogen) atoms. The van der Waals surface area contributed by atoms with Gasteiger partial charge in [-0.3, -0.25) is 4.90 Å². The number of thioether (sulfide) groups is 1. The van der Waals surface area contributed by atoms with Crippen LogP contribution in [0.15, 0.2) is 0 Å². The molecule has 0 fully saturated rings. The Balaban J connectivity index is 4.41. The summed E-state index contributed by atoms with van der Waals surface area (Å²) in [7, 11) is 2.26. The summed E-state index contributed by atoms with van der Waals surface area (Å²) in [5.74, 6) is 1.88. The summed E-state index contributed by atoms with van der Waals surface area (Å²) in [6.45, 7) is 14.7. The van der Waals surface area contributed by atoms with Crippen molar-refractivity contribution in [2.75, 3.05) is 25.6 Å². The number of rotatable bonds is 7. The van der Waals surface area contributed by atoms with E-state index in [4.69, 9.17) is 0 Å². The van der Waals surface area contributed by atoms with Crippen LogP contribution in [0.3, 0.4) is 0 Å². The molecule has 104 valence electrons. The van der Waals surface area contributed by atoms with Gasteiger partial charge in [-0.25, -0.2) is 0 Å². The Bertz CT molecular complexity index is 199. The van der Waals surface area contributed by atoms with Gasteiger partial charge in [0.05, 0.1) is 0 Å². The first-order valence-electron chi connectivity index (χ1n) is 6.65. The Morgan fingerprint density at radius 3 is 2.06 bits per heavy atom. The summed E-state index contributed by atoms with van der Waals surface area (Å²) in [5.41, 5.74) is 0.205. The van der Waals surface area contributed by atoms with Crippen molar-refractivity contribution in [1.82, 2.24) is 10.2 Å². The summed E-state index contributed by atoms with van der Waals surface area (Å²) in [4.78, 5) is 2.53. The Morgan fingerprint density at radius 1 is 1.18 bits per heavy atom. The Kier molecular flexibility index (Phi) is 7.77. The van der Waals surface area contributed by atoms with Gasteiger partial charge in [0, 0.05) is 29.9 Å². The third-order valence-electron chi connectivity index (χ3n) is 3.24. The SMILES string of the molecule is CSCC(C)N(C)C(CNC(C)(C)C)C(C)C. The van der Waals surface area contributed by atoms with Gasteiger partial charge in [-0.15, -0.1) is 0 Å². The molecule has 3 heteroatoms. The summed E-state index contributed by atoms with van der Waals surface area (Å²) < 4.78 is 0. The van der Waals surface area contributed by atoms with Crippen molar-refractivity contribution in [1.29, 1.82) is 0 Å². The van der Waals surface area contributed by atoms with Crippen molar-refractivity contribution in [3.63, 3.8) is 0 Å². The quantitative estimate of drug-likeness (QED) is 0.757. The van der Waals surface area contributed by atoms with Crippen molar-refractivity contribution in [2.45, 2.75) is 59.2 Å². The van der Waals surface area contributed by atoms with E-state index in [1.807, 2.05) is 11.8 Å². The molecule has 0 aromatic rings. The van der Waals surface area contributed by atoms with Crippen LogP contribution in [0.4, 0.5) is 0 Å². The van der Waals surface area contributed by atoms with Crippen LogP contribution in [0.1, 0.15) is 41.5 Å². The highest BCUT2D eigenvalue weighted by Crippen LogP contribution is 2.15. The van der Waals surface area contributed by atoms with Gasteiger partial charge in [-0.1, -0.05) is 13.8 Å². The Labute approximate surface area is 113 Å². The van der Waals surface area contributed by atoms with Crippen LogP contribution < -0.4 is 5.32 Å². The van der Waals surface area contributed by atoms with Gasteiger partial charge in [0.2, 0.25) is 0 Å². The smallest absolute Gasteiger partial charge is 0.0243 e. The molecule has 0 aromatic heterocycles. The fourth-order valence-electron chi connectivity index (χ4n) is 1.95. The molecule has 0 heterocycles. The summed E-state index contributed by atoms with van der Waals surface area (Å²) in [6.07, 6.45) is 2.18. The average molecular weight is 260 g/mol. The van der Waals surface area contributed by atoms with E-state index in [1.165, 1.54) is 5.75 Å². The molecule has 0 aliphatic rings. The van der Waals surface area contributed by atoms with E-state index in [2.05, 4.69) is 65.1 Å². The molecule has 0 bridgehead atoms. The van der Waals surface area contributed by atoms with E-state index in [9.17, 15) is 0 Å². The first-order chi connectivity index (χ1) is 7.69. The lowest BCUT2D eigenvalue weighted by Crippen LogP contribution is -2.51. The van der Waals surface area contributed by atoms with Gasteiger partial charge in [-0.05, 0) is 46.9 Å². The normalized spacial score (nSPS) is 16.6. The van der Waals surface area contributed by atoms with E-state index in [-0.39, 0.29) is 5.54 Å². The zero-order valence-electron chi connectivity index (χ0n) is 13.0. The molecule has 2 unspecified atom stereocenters. The molecular weight excluding hydrogens is 228 g/mol. The zero-order chi connectivity index (χ0) is 13.6. The molecule has 0 aliphatic carbocycles. The molecule has 2 nitrogen and oxygen atoms in total. The molecule has 0 spiro atoms. The minimum atomic E-state index is 0.205. The van der Waals surface area contributed by atoms with Gasteiger partial charge < -0.3 is 5.32 Å². The number of hydrogen-bond donors (Lipinski definition) is 1. The van der Waals surface area contributed by atoms with E-state index in [0.717, 1.165) is 6.54 Å². The second kappa shape index (κ2) is 7.65. The van der Waals surface area contributed by atoms with Crippen LogP contribution in [0.5, 0.6) is 0 Å². The number of hydrogen-bond acceptors (Lipinski definition) is 3. The van der Waals surface area contributed by atoms with Crippen LogP contribution >= 0.6 is 11.8 Å². The zero-order valence-corrected chi connectivity index (χ0v) is 13.8. The van der Waals surface area contributed by atoms with Crippen molar-refractivity contribution in [3.05, 3.63) is 0 Å². The molecule has 0 saturated carbocycles. The first kappa shape index (κ1) is 17.3. The summed E-state index contributed by atoms with van der Waals surface area (Å²) >= 11 is 1.93. The molecule has 0 aromatic carbocycles. The van der Waals surface area contributed by atoms with Crippen LogP contribution in [-0.4, -0.2) is 48.1 Å². The first-order valence-corrected chi connectivity index (χ1v) is 8.04. The highest BCUT2D eigenvalue weighted by molar-refractivity contribution is 7.98. The third kappa shape index (κ3) is 7.32. The molecule has 0 saturated heterocycles. The minimum Gasteiger partial charge on any atom is -0.311 e. The van der Waals surface area contributed by atoms with E-state index < -0.39 is 0 Å². The molecule has 0 rings (SSSR count). The number of likely N-dealkylation sites (N-methyl/N-ethyl adjacent to an activating group) is 1. The fraction of sp³-hybridized carbons (Fsp3) is 1.00. The molecule has 0 radical (unpaired) electrons. The van der Waals surface area contributed by atoms with Crippen molar-refractivity contribution in [2.24, 2.45) is 5.92 Å². The molecule has 0 aliphatic heterocycles. The van der Waals surface area contributed by atoms with Crippen molar-refractivity contribution >= 4 is 11.8 Å². The monoisotopic (exact) mass is 260 g/mol. The fourth-order valence-corrected chi connectivity index (χ4v) is 2.66. The molecule has 0 amide bonds. The number of nitrogens with zero attached hydrogens (tertiary/aromatic N) is 1. The van der Waals surface area contributed by atoms with Crippen LogP contribution in [0.2, 0.25) is 0 Å². The van der Waals surface area contributed by atoms with Crippen molar-refractivity contribution < 1.29 is 0 Å². The second-order valence-corrected chi connectivity index (χ2v) is 7.32. The molecule has 1 N–H and O–H groups in total. The van der Waals surface area contributed by atoms with Crippen molar-refractivity contribution in [3.8, 4) is 0 Å². The van der Waals surface area contributed by atoms with Crippen LogP contribution in [0.25, 0.3) is 0 Å². The lowest BCUT2D eigenvalue weighted by atomic mass is 10.00. The predicted molar refractivity (Wildman–Crippen MR) is 82.0 cm³/mol. The molecular formula is C14H32N2S. The van der Waals surface area contributed by atoms with Gasteiger partial charge >= 0.3 is 0 Å². The highest BCUT2D eigenvalue weighted by atomic mass is 32.2. The van der Waals surface area contributed by atoms with E-state index >= 15 is 0 Å². The third-order valence-corrected chi connectivity index (χ3v) is 4.05. The maximum atomic E-state index is 3.63. The minimum absolute atomic E-state index is 0.205. The standard InChI is InChI=1S/C14H32N2S/c1-11(2)13(9-15-14(4,5)6)16(7)12(3)10-17-8/h11-13,15H,9-10H2,1-8H3. The molecule has 2 atom stereocenters. The van der Waals surface area contributed by atoms with Crippen LogP contribution in [0, 0.1) is 5.92 Å². The number of nitrogens with one attached hydrogen (secondary N) is 1. The lowest BCUT2D eigenvalue weighted by Gasteiger charge is -2.37. The average Bonchev–Trinajstić information content (AvgIpc) is 2.15. The highest BCUT2D eigenvalue weighted by Gasteiger charge is 2.23. The Hall–Kier alpha value is 0.270. The van der Waals surface area contributed by atoms with E-state index in [0.29, 0.717) is 18.0 Å². The summed E-state index contributed by atoms with van der Waals surface area (Å²) in [5, 5.41) is 3.63. The largest absolute Gasteiger partial charge is 0.311 e. The van der Waals surface area contributed by atoms with E-state index in [1.54, 1.807) is 0 Å². The predicted octanol–water partition coefficient (Wildman–Crippen LogP) is 3.08. The van der Waals surface area contributed by atoms with Gasteiger partial charge in [0.15, 0.2) is 0 Å². The van der Waals surface area contributed by atoms with Crippen LogP contribution in [-0.2, 0) is 0 Å². The second-order valence-electron chi connectivity index (χ2n) is 6.41. The summed E-state index contributed by atoms with van der Waals surface area (Å²) in [6, 6.07) is 1.25. The lowest BCUT2D eigenvalue weighted by molar-refractivity contribution is 0.145.